The van der Waals surface area contributed by atoms with Gasteiger partial charge in [0.05, 0.1) is 33.8 Å². The minimum Gasteiger partial charge on any atom is -0.456 e. The smallest absolute Gasteiger partial charge is 0.456 e. The van der Waals surface area contributed by atoms with E-state index in [0.717, 1.165) is 70.6 Å². The third-order valence-corrected chi connectivity index (χ3v) is 17.3. The maximum atomic E-state index is 13.6. The van der Waals surface area contributed by atoms with E-state index in [1.54, 1.807) is 0 Å². The van der Waals surface area contributed by atoms with Crippen molar-refractivity contribution in [2.24, 2.45) is 0 Å². The largest absolute Gasteiger partial charge is 0.472 e. The molecular formula is C73H140N2O7P+. The van der Waals surface area contributed by atoms with Crippen molar-refractivity contribution in [3.8, 4) is 0 Å². The van der Waals surface area contributed by atoms with Crippen molar-refractivity contribution in [1.29, 1.82) is 0 Å². The van der Waals surface area contributed by atoms with Crippen LogP contribution >= 0.6 is 7.82 Å². The first-order valence-electron chi connectivity index (χ1n) is 36.0. The number of unbranched alkanes of at least 4 members (excludes halogenated alkanes) is 44. The number of allylic oxidation sites excluding steroid dienone is 7. The number of phosphoric ester groups is 1. The Morgan fingerprint density at radius 3 is 1.12 bits per heavy atom. The monoisotopic (exact) mass is 1190 g/mol. The first kappa shape index (κ1) is 81.0. The average molecular weight is 1190 g/mol. The van der Waals surface area contributed by atoms with Gasteiger partial charge in [0.1, 0.15) is 19.3 Å². The molecule has 2 N–H and O–H groups in total. The van der Waals surface area contributed by atoms with Crippen LogP contribution in [0.5, 0.6) is 0 Å². The number of carbonyl (C=O) groups excluding carboxylic acids is 2. The van der Waals surface area contributed by atoms with Crippen LogP contribution in [0.1, 0.15) is 355 Å². The van der Waals surface area contributed by atoms with E-state index in [9.17, 15) is 19.0 Å². The number of quaternary nitrogens is 1. The van der Waals surface area contributed by atoms with E-state index in [1.807, 2.05) is 27.2 Å². The summed E-state index contributed by atoms with van der Waals surface area (Å²) in [4.78, 5) is 37.9. The van der Waals surface area contributed by atoms with Gasteiger partial charge in [-0.2, -0.15) is 0 Å². The summed E-state index contributed by atoms with van der Waals surface area (Å²) in [7, 11) is 1.51. The van der Waals surface area contributed by atoms with Crippen LogP contribution in [0, 0.1) is 0 Å². The topological polar surface area (TPSA) is 111 Å². The summed E-state index contributed by atoms with van der Waals surface area (Å²) in [6.07, 6.45) is 79.8. The van der Waals surface area contributed by atoms with Crippen LogP contribution < -0.4 is 5.32 Å². The van der Waals surface area contributed by atoms with Crippen LogP contribution in [0.2, 0.25) is 0 Å². The van der Waals surface area contributed by atoms with Crippen molar-refractivity contribution in [2.75, 3.05) is 40.9 Å². The van der Waals surface area contributed by atoms with E-state index in [4.69, 9.17) is 13.8 Å². The summed E-state index contributed by atoms with van der Waals surface area (Å²) in [5.41, 5.74) is 0. The Morgan fingerprint density at radius 1 is 0.422 bits per heavy atom. The molecule has 0 aliphatic heterocycles. The molecule has 0 rings (SSSR count). The Balaban J connectivity index is 5.03. The second-order valence-corrected chi connectivity index (χ2v) is 27.2. The fraction of sp³-hybridized carbons (Fsp3) is 0.863. The molecule has 83 heavy (non-hydrogen) atoms. The van der Waals surface area contributed by atoms with Gasteiger partial charge in [-0.15, -0.1) is 0 Å². The Labute approximate surface area is 516 Å². The van der Waals surface area contributed by atoms with Crippen molar-refractivity contribution < 1.29 is 37.3 Å². The van der Waals surface area contributed by atoms with Gasteiger partial charge in [-0.05, 0) is 70.3 Å². The standard InChI is InChI=1S/C73H139N2O7P/c1-7-10-13-16-19-22-25-28-30-32-33-34-35-36-37-38-39-40-41-43-45-48-51-54-57-60-63-66-73(77)82-71(64-61-58-55-52-49-46-27-24-21-18-15-12-9-3)70(69-81-83(78,79)80-68-67-75(4,5)6)74-72(76)65-62-59-56-53-50-47-44-42-31-29-26-23-20-17-14-11-8-2/h19,22,28,30,33-34,61,64,70-71H,7-18,20-21,23-27,29,31-32,35-60,62-63,65-69H2,1-6H3,(H-,74,76,78,79)/p+1/b22-19-,30-28-,34-33-,64-61+. The molecule has 3 unspecified atom stereocenters. The number of rotatable bonds is 66. The lowest BCUT2D eigenvalue weighted by Crippen LogP contribution is -2.47. The number of hydrogen-bond donors (Lipinski definition) is 2. The SMILES string of the molecule is CCCCC/C=C\C/C=C\C/C=C\CCCCCCCCCCCCCCCCC(=O)OC(/C=C/CCCCCCCCCCCCC)C(COP(=O)(O)OCC[N+](C)(C)C)NC(=O)CCCCCCCCCCCCCCCCCCC. The normalized spacial score (nSPS) is 13.8. The highest BCUT2D eigenvalue weighted by Crippen LogP contribution is 2.43. The van der Waals surface area contributed by atoms with E-state index < -0.39 is 20.0 Å². The predicted octanol–water partition coefficient (Wildman–Crippen LogP) is 22.8. The summed E-state index contributed by atoms with van der Waals surface area (Å²) in [6.45, 7) is 7.04. The predicted molar refractivity (Wildman–Crippen MR) is 360 cm³/mol. The minimum absolute atomic E-state index is 0.0426. The van der Waals surface area contributed by atoms with Gasteiger partial charge in [-0.25, -0.2) is 4.57 Å². The molecule has 9 nitrogen and oxygen atoms in total. The van der Waals surface area contributed by atoms with E-state index in [2.05, 4.69) is 68.6 Å². The number of phosphoric acid groups is 1. The van der Waals surface area contributed by atoms with Crippen molar-refractivity contribution >= 4 is 19.7 Å². The van der Waals surface area contributed by atoms with Crippen LogP contribution in [-0.2, 0) is 27.9 Å². The molecule has 0 heterocycles. The van der Waals surface area contributed by atoms with Gasteiger partial charge in [-0.1, -0.05) is 320 Å². The zero-order valence-corrected chi connectivity index (χ0v) is 56.8. The highest BCUT2D eigenvalue weighted by Gasteiger charge is 2.30. The molecule has 488 valence electrons. The number of esters is 1. The van der Waals surface area contributed by atoms with Crippen molar-refractivity contribution in [3.63, 3.8) is 0 Å². The second kappa shape index (κ2) is 63.0. The average Bonchev–Trinajstić information content (AvgIpc) is 3.47. The maximum absolute atomic E-state index is 13.6. The second-order valence-electron chi connectivity index (χ2n) is 25.8. The van der Waals surface area contributed by atoms with Gasteiger partial charge in [0.2, 0.25) is 5.91 Å². The summed E-state index contributed by atoms with van der Waals surface area (Å²) >= 11 is 0. The minimum atomic E-state index is -4.45. The highest BCUT2D eigenvalue weighted by atomic mass is 31.2. The molecule has 0 fully saturated rings. The number of ether oxygens (including phenoxy) is 1. The van der Waals surface area contributed by atoms with Gasteiger partial charge in [0.15, 0.2) is 0 Å². The molecule has 0 aromatic rings. The molecular weight excluding hydrogens is 1050 g/mol. The number of carbonyl (C=O) groups is 2. The van der Waals surface area contributed by atoms with E-state index in [-0.39, 0.29) is 25.1 Å². The first-order valence-corrected chi connectivity index (χ1v) is 37.5. The molecule has 3 atom stereocenters. The summed E-state index contributed by atoms with van der Waals surface area (Å²) in [5, 5.41) is 3.08. The number of likely N-dealkylation sites (N-methyl/N-ethyl adjacent to an activating group) is 1. The molecule has 0 saturated heterocycles. The molecule has 0 aliphatic rings. The van der Waals surface area contributed by atoms with Crippen molar-refractivity contribution in [2.45, 2.75) is 367 Å². The van der Waals surface area contributed by atoms with Crippen LogP contribution in [-0.4, -0.2) is 74.3 Å². The molecule has 0 aromatic carbocycles. The van der Waals surface area contributed by atoms with E-state index in [0.29, 0.717) is 23.9 Å². The zero-order chi connectivity index (χ0) is 60.7. The Kier molecular flexibility index (Phi) is 61.5. The van der Waals surface area contributed by atoms with Crippen LogP contribution in [0.4, 0.5) is 0 Å². The molecule has 0 aromatic heterocycles. The molecule has 1 amide bonds. The Hall–Kier alpha value is -2.03. The molecule has 0 bridgehead atoms. The number of nitrogens with zero attached hydrogens (tertiary/aromatic N) is 1. The quantitative estimate of drug-likeness (QED) is 0.0205. The van der Waals surface area contributed by atoms with E-state index in [1.165, 1.54) is 250 Å². The molecule has 0 radical (unpaired) electrons. The van der Waals surface area contributed by atoms with Gasteiger partial charge in [-0.3, -0.25) is 18.6 Å². The van der Waals surface area contributed by atoms with Gasteiger partial charge in [0, 0.05) is 12.8 Å². The summed E-state index contributed by atoms with van der Waals surface area (Å²) in [6, 6.07) is -0.846. The van der Waals surface area contributed by atoms with Crippen LogP contribution in [0.3, 0.4) is 0 Å². The lowest BCUT2D eigenvalue weighted by Gasteiger charge is -2.27. The fourth-order valence-corrected chi connectivity index (χ4v) is 11.5. The molecule has 0 aliphatic carbocycles. The molecule has 0 saturated carbocycles. The van der Waals surface area contributed by atoms with Gasteiger partial charge < -0.3 is 19.4 Å². The lowest BCUT2D eigenvalue weighted by atomic mass is 10.0. The zero-order valence-electron chi connectivity index (χ0n) is 56.0. The van der Waals surface area contributed by atoms with Gasteiger partial charge in [0.25, 0.3) is 0 Å². The van der Waals surface area contributed by atoms with Crippen LogP contribution in [0.25, 0.3) is 0 Å². The first-order chi connectivity index (χ1) is 40.4. The third-order valence-electron chi connectivity index (χ3n) is 16.3. The number of amides is 1. The Morgan fingerprint density at radius 2 is 0.735 bits per heavy atom. The lowest BCUT2D eigenvalue weighted by molar-refractivity contribution is -0.870. The third kappa shape index (κ3) is 64.3. The van der Waals surface area contributed by atoms with Crippen LogP contribution in [0.15, 0.2) is 48.6 Å². The molecule has 10 heteroatoms. The maximum Gasteiger partial charge on any atom is 0.472 e. The van der Waals surface area contributed by atoms with E-state index >= 15 is 0 Å². The molecule has 0 spiro atoms. The summed E-state index contributed by atoms with van der Waals surface area (Å²) in [5.74, 6) is -0.487. The highest BCUT2D eigenvalue weighted by molar-refractivity contribution is 7.47. The van der Waals surface area contributed by atoms with Gasteiger partial charge >= 0.3 is 13.8 Å². The van der Waals surface area contributed by atoms with Crippen molar-refractivity contribution in [3.05, 3.63) is 48.6 Å². The summed E-state index contributed by atoms with van der Waals surface area (Å²) < 4.78 is 30.8. The number of nitrogens with one attached hydrogen (secondary N) is 1. The van der Waals surface area contributed by atoms with Crippen molar-refractivity contribution in [1.82, 2.24) is 5.32 Å². The Bertz CT molecular complexity index is 1560. The fourth-order valence-electron chi connectivity index (χ4n) is 10.7. The number of hydrogen-bond acceptors (Lipinski definition) is 6.